The molecule has 0 saturated heterocycles. The van der Waals surface area contributed by atoms with Crippen LogP contribution in [0.5, 0.6) is 0 Å². The smallest absolute Gasteiger partial charge is 0.437 e. The summed E-state index contributed by atoms with van der Waals surface area (Å²) in [5.74, 6) is -3.05. The van der Waals surface area contributed by atoms with Gasteiger partial charge in [0, 0.05) is 11.1 Å². The fourth-order valence-corrected chi connectivity index (χ4v) is 2.24. The maximum absolute atomic E-state index is 11.8. The molecule has 3 aromatic rings. The molecule has 0 fully saturated rings. The van der Waals surface area contributed by atoms with Crippen LogP contribution in [0.25, 0.3) is 11.5 Å². The third-order valence-corrected chi connectivity index (χ3v) is 3.56. The number of nitrogens with zero attached hydrogens (tertiary/aromatic N) is 2. The summed E-state index contributed by atoms with van der Waals surface area (Å²) in [7, 11) is 0. The van der Waals surface area contributed by atoms with Crippen LogP contribution in [0.2, 0.25) is 0 Å². The minimum absolute atomic E-state index is 0.0598. The minimum atomic E-state index is -0.877. The van der Waals surface area contributed by atoms with Crippen LogP contribution in [0, 0.1) is 0 Å². The summed E-state index contributed by atoms with van der Waals surface area (Å²) in [5.41, 5.74) is 0.871. The molecule has 0 aliphatic carbocycles. The molecular formula is C19H15N3O6. The van der Waals surface area contributed by atoms with E-state index in [0.717, 1.165) is 4.68 Å². The summed E-state index contributed by atoms with van der Waals surface area (Å²) in [6.45, 7) is -1.20. The van der Waals surface area contributed by atoms with Gasteiger partial charge >= 0.3 is 11.7 Å². The zero-order valence-electron chi connectivity index (χ0n) is 14.5. The number of hydrogen-bond acceptors (Lipinski definition) is 7. The molecule has 1 heterocycles. The quantitative estimate of drug-likeness (QED) is 0.633. The molecule has 0 spiro atoms. The van der Waals surface area contributed by atoms with Gasteiger partial charge < -0.3 is 9.15 Å². The van der Waals surface area contributed by atoms with Crippen molar-refractivity contribution >= 4 is 17.8 Å². The summed E-state index contributed by atoms with van der Waals surface area (Å²) in [6, 6.07) is 16.8. The van der Waals surface area contributed by atoms with Crippen LogP contribution in [0.1, 0.15) is 10.4 Å². The number of carbonyl (C=O) groups is 3. The third kappa shape index (κ3) is 4.79. The van der Waals surface area contributed by atoms with Crippen molar-refractivity contribution in [3.63, 3.8) is 0 Å². The lowest BCUT2D eigenvalue weighted by Gasteiger charge is -2.05. The maximum Gasteiger partial charge on any atom is 0.437 e. The number of ether oxygens (including phenoxy) is 1. The van der Waals surface area contributed by atoms with Crippen LogP contribution in [-0.2, 0) is 20.9 Å². The fourth-order valence-electron chi connectivity index (χ4n) is 2.24. The van der Waals surface area contributed by atoms with Crippen molar-refractivity contribution in [1.29, 1.82) is 0 Å². The van der Waals surface area contributed by atoms with E-state index in [2.05, 4.69) is 10.4 Å². The van der Waals surface area contributed by atoms with Gasteiger partial charge in [-0.2, -0.15) is 4.68 Å². The molecule has 2 amide bonds. The van der Waals surface area contributed by atoms with Gasteiger partial charge in [-0.15, -0.1) is 5.10 Å². The normalized spacial score (nSPS) is 10.3. The van der Waals surface area contributed by atoms with Crippen LogP contribution in [0.15, 0.2) is 69.9 Å². The average Bonchev–Trinajstić information content (AvgIpc) is 3.08. The first-order chi connectivity index (χ1) is 13.5. The largest absolute Gasteiger partial charge is 0.454 e. The van der Waals surface area contributed by atoms with Crippen LogP contribution < -0.4 is 11.1 Å². The number of amides is 2. The predicted molar refractivity (Wildman–Crippen MR) is 96.1 cm³/mol. The molecule has 1 N–H and O–H groups in total. The summed E-state index contributed by atoms with van der Waals surface area (Å²) in [4.78, 5) is 47.2. The van der Waals surface area contributed by atoms with Crippen LogP contribution in [0.4, 0.5) is 0 Å². The van der Waals surface area contributed by atoms with Crippen molar-refractivity contribution in [2.45, 2.75) is 6.54 Å². The number of carbonyl (C=O) groups excluding carboxylic acids is 3. The monoisotopic (exact) mass is 381 g/mol. The maximum atomic E-state index is 11.8. The summed E-state index contributed by atoms with van der Waals surface area (Å²) in [5, 5.41) is 6.01. The second-order valence-electron chi connectivity index (χ2n) is 5.60. The number of nitrogens with one attached hydrogen (secondary N) is 1. The SMILES string of the molecule is O=C(COC(=O)Cn1nc(-c2ccccc2)oc1=O)NC(=O)c1ccccc1. The Morgan fingerprint density at radius 1 is 1.00 bits per heavy atom. The number of benzene rings is 2. The molecule has 9 heteroatoms. The highest BCUT2D eigenvalue weighted by Crippen LogP contribution is 2.13. The average molecular weight is 381 g/mol. The van der Waals surface area contributed by atoms with Gasteiger partial charge in [-0.3, -0.25) is 19.7 Å². The molecule has 142 valence electrons. The standard InChI is InChI=1S/C19H15N3O6/c23-15(20-17(25)13-7-3-1-4-8-13)12-27-16(24)11-22-19(26)28-18(21-22)14-9-5-2-6-10-14/h1-10H,11-12H2,(H,20,23,25). The molecular weight excluding hydrogens is 366 g/mol. The Morgan fingerprint density at radius 2 is 1.64 bits per heavy atom. The highest BCUT2D eigenvalue weighted by Gasteiger charge is 2.16. The van der Waals surface area contributed by atoms with Gasteiger partial charge in [0.05, 0.1) is 0 Å². The Bertz CT molecular complexity index is 1040. The summed E-state index contributed by atoms with van der Waals surface area (Å²) < 4.78 is 10.6. The van der Waals surface area contributed by atoms with Gasteiger partial charge in [0.1, 0.15) is 6.54 Å². The van der Waals surface area contributed by atoms with Gasteiger partial charge in [0.2, 0.25) is 5.89 Å². The third-order valence-electron chi connectivity index (χ3n) is 3.56. The second kappa shape index (κ2) is 8.58. The number of rotatable bonds is 6. The molecule has 2 aromatic carbocycles. The molecule has 0 saturated carbocycles. The van der Waals surface area contributed by atoms with Crippen molar-refractivity contribution in [1.82, 2.24) is 15.1 Å². The van der Waals surface area contributed by atoms with E-state index in [1.807, 2.05) is 0 Å². The van der Waals surface area contributed by atoms with Crippen LogP contribution in [-0.4, -0.2) is 34.2 Å². The zero-order chi connectivity index (χ0) is 19.9. The Kier molecular flexibility index (Phi) is 5.75. The summed E-state index contributed by atoms with van der Waals surface area (Å²) in [6.07, 6.45) is 0. The van der Waals surface area contributed by atoms with Crippen LogP contribution in [0.3, 0.4) is 0 Å². The molecule has 0 bridgehead atoms. The highest BCUT2D eigenvalue weighted by atomic mass is 16.5. The topological polar surface area (TPSA) is 120 Å². The number of hydrogen-bond donors (Lipinski definition) is 1. The van der Waals surface area contributed by atoms with E-state index in [1.54, 1.807) is 48.5 Å². The van der Waals surface area contributed by atoms with E-state index in [-0.39, 0.29) is 5.89 Å². The van der Waals surface area contributed by atoms with Crippen LogP contribution >= 0.6 is 0 Å². The molecule has 1 aromatic heterocycles. The molecule has 28 heavy (non-hydrogen) atoms. The predicted octanol–water partition coefficient (Wildman–Crippen LogP) is 1.00. The van der Waals surface area contributed by atoms with Gasteiger partial charge in [0.15, 0.2) is 6.61 Å². The first-order valence-electron chi connectivity index (χ1n) is 8.21. The molecule has 0 aliphatic rings. The minimum Gasteiger partial charge on any atom is -0.454 e. The van der Waals surface area contributed by atoms with Gasteiger partial charge in [-0.05, 0) is 24.3 Å². The van der Waals surface area contributed by atoms with Gasteiger partial charge in [0.25, 0.3) is 11.8 Å². The van der Waals surface area contributed by atoms with Crippen molar-refractivity contribution in [3.05, 3.63) is 76.8 Å². The molecule has 0 radical (unpaired) electrons. The Labute approximate surface area is 158 Å². The first kappa shape index (κ1) is 18.8. The lowest BCUT2D eigenvalue weighted by molar-refractivity contribution is -0.149. The first-order valence-corrected chi connectivity index (χ1v) is 8.21. The number of esters is 1. The highest BCUT2D eigenvalue weighted by molar-refractivity contribution is 6.05. The fraction of sp³-hybridized carbons (Fsp3) is 0.105. The lowest BCUT2D eigenvalue weighted by atomic mass is 10.2. The lowest BCUT2D eigenvalue weighted by Crippen LogP contribution is -2.35. The van der Waals surface area contributed by atoms with E-state index in [4.69, 9.17) is 9.15 Å². The van der Waals surface area contributed by atoms with Gasteiger partial charge in [-0.25, -0.2) is 4.79 Å². The molecule has 0 aliphatic heterocycles. The molecule has 9 nitrogen and oxygen atoms in total. The Morgan fingerprint density at radius 3 is 2.32 bits per heavy atom. The molecule has 0 atom stereocenters. The second-order valence-corrected chi connectivity index (χ2v) is 5.60. The number of imide groups is 1. The summed E-state index contributed by atoms with van der Waals surface area (Å²) >= 11 is 0. The Balaban J connectivity index is 1.52. The van der Waals surface area contributed by atoms with Crippen molar-refractivity contribution in [2.75, 3.05) is 6.61 Å². The van der Waals surface area contributed by atoms with Crippen molar-refractivity contribution in [2.24, 2.45) is 0 Å². The van der Waals surface area contributed by atoms with Gasteiger partial charge in [-0.1, -0.05) is 36.4 Å². The van der Waals surface area contributed by atoms with Crippen molar-refractivity contribution in [3.8, 4) is 11.5 Å². The van der Waals surface area contributed by atoms with E-state index in [0.29, 0.717) is 11.1 Å². The molecule has 0 unspecified atom stereocenters. The van der Waals surface area contributed by atoms with E-state index >= 15 is 0 Å². The van der Waals surface area contributed by atoms with E-state index < -0.39 is 36.7 Å². The zero-order valence-corrected chi connectivity index (χ0v) is 14.5. The van der Waals surface area contributed by atoms with Crippen molar-refractivity contribution < 1.29 is 23.5 Å². The van der Waals surface area contributed by atoms with E-state index in [9.17, 15) is 19.2 Å². The Hall–Kier alpha value is -4.01. The number of aromatic nitrogens is 2. The molecule has 3 rings (SSSR count). The van der Waals surface area contributed by atoms with E-state index in [1.165, 1.54) is 12.1 Å².